The van der Waals surface area contributed by atoms with Crippen LogP contribution >= 0.6 is 39.0 Å². The summed E-state index contributed by atoms with van der Waals surface area (Å²) in [5.41, 5.74) is -0.459. The van der Waals surface area contributed by atoms with Gasteiger partial charge in [0.1, 0.15) is 11.8 Å². The number of nitrogens with zero attached hydrogens (tertiary/aromatic N) is 2. The first kappa shape index (κ1) is 30.5. The van der Waals surface area contributed by atoms with Gasteiger partial charge in [0.2, 0.25) is 17.7 Å². The van der Waals surface area contributed by atoms with Crippen LogP contribution in [-0.2, 0) is 27.1 Å². The van der Waals surface area contributed by atoms with Crippen LogP contribution in [0.5, 0.6) is 0 Å². The fourth-order valence-electron chi connectivity index (χ4n) is 6.10. The molecule has 3 atom stereocenters. The zero-order valence-corrected chi connectivity index (χ0v) is 26.7. The molecule has 1 fully saturated rings. The van der Waals surface area contributed by atoms with Gasteiger partial charge in [-0.05, 0) is 41.3 Å². The number of rotatable bonds is 5. The lowest BCUT2D eigenvalue weighted by Gasteiger charge is -2.30. The monoisotopic (exact) mass is 723 g/mol. The number of fused-ring (bicyclic) bond motifs is 3. The number of aromatic nitrogens is 1. The molecule has 3 amide bonds. The largest absolute Gasteiger partial charge is 0.418 e. The van der Waals surface area contributed by atoms with Crippen molar-refractivity contribution < 1.29 is 27.6 Å². The average Bonchev–Trinajstić information content (AvgIpc) is 3.47. The van der Waals surface area contributed by atoms with Crippen LogP contribution in [0.15, 0.2) is 105 Å². The molecule has 2 aliphatic heterocycles. The predicted molar refractivity (Wildman–Crippen MR) is 174 cm³/mol. The van der Waals surface area contributed by atoms with E-state index in [1.807, 2.05) is 30.3 Å². The molecule has 3 heterocycles. The van der Waals surface area contributed by atoms with Gasteiger partial charge in [-0.1, -0.05) is 99.7 Å². The number of amides is 3. The minimum absolute atomic E-state index is 0.337. The molecule has 2 unspecified atom stereocenters. The normalized spacial score (nSPS) is 19.3. The van der Waals surface area contributed by atoms with E-state index in [1.165, 1.54) is 16.7 Å². The van der Waals surface area contributed by atoms with Crippen molar-refractivity contribution in [1.29, 1.82) is 0 Å². The summed E-state index contributed by atoms with van der Waals surface area (Å²) in [4.78, 5) is 55.4. The Kier molecular flexibility index (Phi) is 7.65. The Balaban J connectivity index is 1.29. The Labute approximate surface area is 276 Å². The summed E-state index contributed by atoms with van der Waals surface area (Å²) in [5, 5.41) is 3.82. The fourth-order valence-corrected chi connectivity index (χ4v) is 9.14. The van der Waals surface area contributed by atoms with Gasteiger partial charge in [-0.3, -0.25) is 23.7 Å². The van der Waals surface area contributed by atoms with E-state index in [0.29, 0.717) is 26.1 Å². The molecular weight excluding hydrogens is 703 g/mol. The maximum absolute atomic E-state index is 14.0. The number of nitrogens with one attached hydrogen (secondary N) is 1. The smallest absolute Gasteiger partial charge is 0.324 e. The lowest BCUT2D eigenvalue weighted by molar-refractivity contribution is -0.137. The summed E-state index contributed by atoms with van der Waals surface area (Å²) in [5.74, 6) is -3.96. The molecule has 7 nitrogen and oxygen atoms in total. The quantitative estimate of drug-likeness (QED) is 0.193. The number of alkyl halides is 3. The predicted octanol–water partition coefficient (Wildman–Crippen LogP) is 7.28. The van der Waals surface area contributed by atoms with Crippen molar-refractivity contribution in [1.82, 2.24) is 4.57 Å². The van der Waals surface area contributed by atoms with E-state index >= 15 is 0 Å². The lowest BCUT2D eigenvalue weighted by atomic mass is 9.83. The van der Waals surface area contributed by atoms with Crippen LogP contribution in [0.2, 0.25) is 0 Å². The van der Waals surface area contributed by atoms with E-state index in [2.05, 4.69) is 21.2 Å². The molecule has 0 radical (unpaired) electrons. The van der Waals surface area contributed by atoms with Crippen LogP contribution in [0.1, 0.15) is 21.9 Å². The van der Waals surface area contributed by atoms with Crippen molar-refractivity contribution in [2.24, 2.45) is 5.92 Å². The maximum atomic E-state index is 14.0. The van der Waals surface area contributed by atoms with Gasteiger partial charge in [-0.25, -0.2) is 4.90 Å². The van der Waals surface area contributed by atoms with Gasteiger partial charge >= 0.3 is 11.0 Å². The molecule has 7 rings (SSSR count). The molecule has 1 aromatic heterocycles. The summed E-state index contributed by atoms with van der Waals surface area (Å²) in [6.07, 6.45) is -4.81. The Hall–Kier alpha value is -4.20. The summed E-state index contributed by atoms with van der Waals surface area (Å²) in [6.45, 7) is -0.367. The first-order chi connectivity index (χ1) is 22.0. The molecule has 13 heteroatoms. The molecule has 46 heavy (non-hydrogen) atoms. The van der Waals surface area contributed by atoms with E-state index in [1.54, 1.807) is 36.4 Å². The zero-order valence-electron chi connectivity index (χ0n) is 23.5. The number of thioether (sulfide) groups is 1. The first-order valence-electron chi connectivity index (χ1n) is 14.0. The first-order valence-corrected chi connectivity index (χ1v) is 16.5. The van der Waals surface area contributed by atoms with Crippen LogP contribution in [0.4, 0.5) is 24.5 Å². The van der Waals surface area contributed by atoms with Crippen molar-refractivity contribution in [2.75, 3.05) is 10.2 Å². The second-order valence-electron chi connectivity index (χ2n) is 10.8. The average molecular weight is 725 g/mol. The number of halogens is 4. The van der Waals surface area contributed by atoms with Crippen LogP contribution in [0.3, 0.4) is 0 Å². The summed E-state index contributed by atoms with van der Waals surface area (Å²) >= 11 is 5.20. The molecule has 0 spiro atoms. The molecule has 232 valence electrons. The van der Waals surface area contributed by atoms with Gasteiger partial charge in [0, 0.05) is 26.3 Å². The highest BCUT2D eigenvalue weighted by Crippen LogP contribution is 2.54. The highest BCUT2D eigenvalue weighted by atomic mass is 79.9. The number of imide groups is 1. The SMILES string of the molecule is O=C(Cn1c2c(sc1=O)[C@H](c1ccc(Br)cc1)C1C(=O)N(c3ccccc3C(F)(F)F)C(=O)C1S2)Nc1cccc2ccccc12. The Morgan fingerprint density at radius 2 is 1.57 bits per heavy atom. The van der Waals surface area contributed by atoms with Gasteiger partial charge in [-0.2, -0.15) is 13.2 Å². The number of carbonyl (C=O) groups excluding carboxylic acids is 3. The van der Waals surface area contributed by atoms with Crippen LogP contribution < -0.4 is 15.1 Å². The van der Waals surface area contributed by atoms with Crippen molar-refractivity contribution in [3.8, 4) is 0 Å². The van der Waals surface area contributed by atoms with Gasteiger partial charge in [0.15, 0.2) is 0 Å². The molecule has 0 bridgehead atoms. The molecular formula is C33H21BrF3N3O4S2. The summed E-state index contributed by atoms with van der Waals surface area (Å²) in [6, 6.07) is 24.5. The zero-order chi connectivity index (χ0) is 32.3. The van der Waals surface area contributed by atoms with E-state index in [-0.39, 0.29) is 6.54 Å². The van der Waals surface area contributed by atoms with Gasteiger partial charge in [0.25, 0.3) is 0 Å². The molecule has 1 saturated heterocycles. The van der Waals surface area contributed by atoms with Crippen LogP contribution in [-0.4, -0.2) is 27.5 Å². The van der Waals surface area contributed by atoms with Gasteiger partial charge < -0.3 is 5.32 Å². The van der Waals surface area contributed by atoms with E-state index in [9.17, 15) is 32.3 Å². The van der Waals surface area contributed by atoms with E-state index in [0.717, 1.165) is 50.5 Å². The molecule has 4 aromatic carbocycles. The van der Waals surface area contributed by atoms with Crippen molar-refractivity contribution >= 4 is 78.9 Å². The van der Waals surface area contributed by atoms with E-state index in [4.69, 9.17) is 0 Å². The molecule has 0 saturated carbocycles. The topological polar surface area (TPSA) is 88.5 Å². The van der Waals surface area contributed by atoms with Crippen molar-refractivity contribution in [2.45, 2.75) is 28.9 Å². The maximum Gasteiger partial charge on any atom is 0.418 e. The molecule has 5 aromatic rings. The van der Waals surface area contributed by atoms with Crippen LogP contribution in [0, 0.1) is 5.92 Å². The number of hydrogen-bond acceptors (Lipinski definition) is 6. The Morgan fingerprint density at radius 3 is 2.33 bits per heavy atom. The second-order valence-corrected chi connectivity index (χ2v) is 13.9. The lowest BCUT2D eigenvalue weighted by Crippen LogP contribution is -2.33. The number of carbonyl (C=O) groups is 3. The van der Waals surface area contributed by atoms with E-state index < -0.39 is 57.1 Å². The third kappa shape index (κ3) is 5.16. The Bertz CT molecular complexity index is 2110. The minimum atomic E-state index is -4.81. The third-order valence-electron chi connectivity index (χ3n) is 8.09. The minimum Gasteiger partial charge on any atom is -0.324 e. The highest BCUT2D eigenvalue weighted by Gasteiger charge is 2.57. The number of para-hydroxylation sites is 1. The molecule has 2 aliphatic rings. The number of anilines is 2. The summed E-state index contributed by atoms with van der Waals surface area (Å²) < 4.78 is 44.0. The fraction of sp³-hybridized carbons (Fsp3) is 0.152. The number of benzene rings is 4. The highest BCUT2D eigenvalue weighted by molar-refractivity contribution is 9.10. The second kappa shape index (κ2) is 11.6. The molecule has 0 aliphatic carbocycles. The number of thiazole rings is 1. The summed E-state index contributed by atoms with van der Waals surface area (Å²) in [7, 11) is 0. The standard InChI is InChI=1S/C33H21BrF3N3O4S2/c34-19-14-12-18(13-15-19)25-26-27(30(43)40(29(26)42)23-11-4-3-9-21(23)33(35,36)37)45-31-28(25)46-32(44)39(31)16-24(41)38-22-10-5-7-17-6-1-2-8-20(17)22/h1-15,25-27H,16H2,(H,38,41)/t25-,26?,27?/m1/s1. The van der Waals surface area contributed by atoms with Crippen molar-refractivity contribution in [3.05, 3.63) is 121 Å². The Morgan fingerprint density at radius 1 is 0.870 bits per heavy atom. The van der Waals surface area contributed by atoms with Crippen molar-refractivity contribution in [3.63, 3.8) is 0 Å². The molecule has 1 N–H and O–H groups in total. The third-order valence-corrected chi connectivity index (χ3v) is 11.2. The van der Waals surface area contributed by atoms with Crippen LogP contribution in [0.25, 0.3) is 10.8 Å². The van der Waals surface area contributed by atoms with Gasteiger partial charge in [0.05, 0.1) is 22.2 Å². The number of hydrogen-bond donors (Lipinski definition) is 1. The van der Waals surface area contributed by atoms with Gasteiger partial charge in [-0.15, -0.1) is 0 Å².